The highest BCUT2D eigenvalue weighted by Gasteiger charge is 2.38. The molecule has 3 fully saturated rings. The lowest BCUT2D eigenvalue weighted by Gasteiger charge is -2.25. The Morgan fingerprint density at radius 2 is 1.90 bits per heavy atom. The maximum Gasteiger partial charge on any atom is 0.0250 e. The van der Waals surface area contributed by atoms with Crippen LogP contribution in [0.4, 0.5) is 0 Å². The summed E-state index contributed by atoms with van der Waals surface area (Å²) in [5, 5.41) is 3.98. The maximum absolute atomic E-state index is 3.98. The number of hydrogen-bond donors (Lipinski definition) is 1. The van der Waals surface area contributed by atoms with Crippen molar-refractivity contribution in [3.05, 3.63) is 35.9 Å². The van der Waals surface area contributed by atoms with Gasteiger partial charge in [0, 0.05) is 44.3 Å². The summed E-state index contributed by atoms with van der Waals surface area (Å²) in [6, 6.07) is 13.2. The second-order valence-electron chi connectivity index (χ2n) is 7.01. The molecule has 0 aliphatic carbocycles. The van der Waals surface area contributed by atoms with Crippen molar-refractivity contribution >= 4 is 0 Å². The summed E-state index contributed by atoms with van der Waals surface area (Å²) >= 11 is 0. The van der Waals surface area contributed by atoms with Crippen molar-refractivity contribution in [3.8, 4) is 0 Å². The lowest BCUT2D eigenvalue weighted by Crippen LogP contribution is -2.45. The lowest BCUT2D eigenvalue weighted by atomic mass is 10.1. The molecule has 3 unspecified atom stereocenters. The summed E-state index contributed by atoms with van der Waals surface area (Å²) in [4.78, 5) is 5.31. The third kappa shape index (κ3) is 3.01. The van der Waals surface area contributed by atoms with E-state index in [1.54, 1.807) is 0 Å². The van der Waals surface area contributed by atoms with Crippen molar-refractivity contribution in [1.29, 1.82) is 0 Å². The van der Waals surface area contributed by atoms with E-state index in [1.165, 1.54) is 57.4 Å². The molecule has 0 radical (unpaired) electrons. The van der Waals surface area contributed by atoms with Gasteiger partial charge in [0.25, 0.3) is 0 Å². The van der Waals surface area contributed by atoms with Crippen LogP contribution >= 0.6 is 0 Å². The molecule has 4 rings (SSSR count). The van der Waals surface area contributed by atoms with E-state index in [-0.39, 0.29) is 0 Å². The van der Waals surface area contributed by atoms with Crippen LogP contribution in [0.15, 0.2) is 30.3 Å². The maximum atomic E-state index is 3.98. The fourth-order valence-electron chi connectivity index (χ4n) is 4.53. The van der Waals surface area contributed by atoms with Crippen LogP contribution in [-0.4, -0.2) is 54.1 Å². The summed E-state index contributed by atoms with van der Waals surface area (Å²) < 4.78 is 0. The van der Waals surface area contributed by atoms with Crippen molar-refractivity contribution in [2.45, 2.75) is 50.4 Å². The van der Waals surface area contributed by atoms with Gasteiger partial charge in [-0.1, -0.05) is 30.3 Å². The highest BCUT2D eigenvalue weighted by atomic mass is 15.3. The Balaban J connectivity index is 1.28. The first-order valence-electron chi connectivity index (χ1n) is 8.65. The second kappa shape index (κ2) is 6.07. The highest BCUT2D eigenvalue weighted by Crippen LogP contribution is 2.28. The van der Waals surface area contributed by atoms with Crippen molar-refractivity contribution in [2.24, 2.45) is 0 Å². The monoisotopic (exact) mass is 285 g/mol. The molecule has 0 amide bonds. The normalized spacial score (nSPS) is 33.6. The molecule has 0 spiro atoms. The van der Waals surface area contributed by atoms with Gasteiger partial charge in [0.15, 0.2) is 0 Å². The lowest BCUT2D eigenvalue weighted by molar-refractivity contribution is 0.280. The molecule has 3 saturated heterocycles. The van der Waals surface area contributed by atoms with Gasteiger partial charge in [0.2, 0.25) is 0 Å². The van der Waals surface area contributed by atoms with Gasteiger partial charge < -0.3 is 5.32 Å². The van der Waals surface area contributed by atoms with Crippen molar-refractivity contribution < 1.29 is 0 Å². The zero-order valence-corrected chi connectivity index (χ0v) is 12.9. The minimum atomic E-state index is 0.708. The molecule has 1 aromatic rings. The topological polar surface area (TPSA) is 18.5 Å². The third-order valence-electron chi connectivity index (χ3n) is 5.58. The summed E-state index contributed by atoms with van der Waals surface area (Å²) in [7, 11) is 0. The van der Waals surface area contributed by atoms with Crippen molar-refractivity contribution in [1.82, 2.24) is 15.1 Å². The molecule has 0 aromatic heterocycles. The van der Waals surface area contributed by atoms with Crippen LogP contribution in [0.3, 0.4) is 0 Å². The minimum Gasteiger partial charge on any atom is -0.308 e. The zero-order chi connectivity index (χ0) is 14.1. The SMILES string of the molecule is c1ccc(CN2CCC(NC3CCN4CCCC34)C2)cc1. The van der Waals surface area contributed by atoms with Gasteiger partial charge in [-0.3, -0.25) is 9.80 Å². The molecular weight excluding hydrogens is 258 g/mol. The number of benzene rings is 1. The van der Waals surface area contributed by atoms with Gasteiger partial charge in [-0.15, -0.1) is 0 Å². The summed E-state index contributed by atoms with van der Waals surface area (Å²) in [5.41, 5.74) is 1.45. The van der Waals surface area contributed by atoms with E-state index in [4.69, 9.17) is 0 Å². The van der Waals surface area contributed by atoms with Crippen LogP contribution in [0.25, 0.3) is 0 Å². The van der Waals surface area contributed by atoms with Crippen LogP contribution < -0.4 is 5.32 Å². The Bertz CT molecular complexity index is 461. The van der Waals surface area contributed by atoms with Gasteiger partial charge in [-0.25, -0.2) is 0 Å². The second-order valence-corrected chi connectivity index (χ2v) is 7.01. The fraction of sp³-hybridized carbons (Fsp3) is 0.667. The Morgan fingerprint density at radius 3 is 2.81 bits per heavy atom. The molecule has 3 heterocycles. The first-order chi connectivity index (χ1) is 10.4. The Morgan fingerprint density at radius 1 is 1.00 bits per heavy atom. The van der Waals surface area contributed by atoms with Crippen LogP contribution in [0.5, 0.6) is 0 Å². The predicted octanol–water partition coefficient (Wildman–Crippen LogP) is 2.09. The van der Waals surface area contributed by atoms with E-state index in [2.05, 4.69) is 45.4 Å². The van der Waals surface area contributed by atoms with Crippen LogP contribution in [0, 0.1) is 0 Å². The third-order valence-corrected chi connectivity index (χ3v) is 5.58. The predicted molar refractivity (Wildman–Crippen MR) is 86.3 cm³/mol. The van der Waals surface area contributed by atoms with Crippen LogP contribution in [0.1, 0.15) is 31.2 Å². The first-order valence-corrected chi connectivity index (χ1v) is 8.65. The molecule has 3 atom stereocenters. The molecule has 21 heavy (non-hydrogen) atoms. The van der Waals surface area contributed by atoms with Crippen molar-refractivity contribution in [3.63, 3.8) is 0 Å². The average molecular weight is 285 g/mol. The summed E-state index contributed by atoms with van der Waals surface area (Å²) in [5.74, 6) is 0. The largest absolute Gasteiger partial charge is 0.308 e. The molecule has 3 aliphatic rings. The molecule has 0 saturated carbocycles. The molecule has 0 bridgehead atoms. The minimum absolute atomic E-state index is 0.708. The fourth-order valence-corrected chi connectivity index (χ4v) is 4.53. The summed E-state index contributed by atoms with van der Waals surface area (Å²) in [6.07, 6.45) is 5.50. The number of likely N-dealkylation sites (tertiary alicyclic amines) is 1. The number of rotatable bonds is 4. The van der Waals surface area contributed by atoms with Gasteiger partial charge in [0.1, 0.15) is 0 Å². The number of nitrogens with zero attached hydrogens (tertiary/aromatic N) is 2. The van der Waals surface area contributed by atoms with E-state index in [9.17, 15) is 0 Å². The van der Waals surface area contributed by atoms with E-state index < -0.39 is 0 Å². The quantitative estimate of drug-likeness (QED) is 0.914. The van der Waals surface area contributed by atoms with E-state index in [0.29, 0.717) is 6.04 Å². The van der Waals surface area contributed by atoms with Gasteiger partial charge in [0.05, 0.1) is 0 Å². The average Bonchev–Trinajstić information content (AvgIpc) is 3.20. The molecule has 1 N–H and O–H groups in total. The van der Waals surface area contributed by atoms with E-state index in [1.807, 2.05) is 0 Å². The standard InChI is InChI=1S/C18H27N3/c1-2-5-15(6-3-1)13-20-11-8-16(14-20)19-17-9-12-21-10-4-7-18(17)21/h1-3,5-6,16-19H,4,7-14H2. The van der Waals surface area contributed by atoms with E-state index >= 15 is 0 Å². The number of hydrogen-bond acceptors (Lipinski definition) is 3. The first kappa shape index (κ1) is 13.7. The van der Waals surface area contributed by atoms with Crippen molar-refractivity contribution in [2.75, 3.05) is 26.2 Å². The summed E-state index contributed by atoms with van der Waals surface area (Å²) in [6.45, 7) is 6.24. The van der Waals surface area contributed by atoms with Crippen LogP contribution in [-0.2, 0) is 6.54 Å². The molecule has 3 heteroatoms. The molecule has 1 aromatic carbocycles. The molecule has 114 valence electrons. The molecule has 3 aliphatic heterocycles. The molecule has 3 nitrogen and oxygen atoms in total. The smallest absolute Gasteiger partial charge is 0.0250 e. The van der Waals surface area contributed by atoms with Gasteiger partial charge in [-0.2, -0.15) is 0 Å². The van der Waals surface area contributed by atoms with Gasteiger partial charge in [-0.05, 0) is 37.8 Å². The molecular formula is C18H27N3. The highest BCUT2D eigenvalue weighted by molar-refractivity contribution is 5.14. The Kier molecular flexibility index (Phi) is 3.97. The van der Waals surface area contributed by atoms with Gasteiger partial charge >= 0.3 is 0 Å². The number of nitrogens with one attached hydrogen (secondary N) is 1. The van der Waals surface area contributed by atoms with E-state index in [0.717, 1.165) is 18.6 Å². The van der Waals surface area contributed by atoms with Crippen LogP contribution in [0.2, 0.25) is 0 Å². The Hall–Kier alpha value is -0.900. The number of fused-ring (bicyclic) bond motifs is 1. The Labute approximate surface area is 128 Å². The zero-order valence-electron chi connectivity index (χ0n) is 12.9.